The van der Waals surface area contributed by atoms with Crippen LogP contribution in [-0.2, 0) is 9.47 Å². The summed E-state index contributed by atoms with van der Waals surface area (Å²) < 4.78 is 17.2. The minimum absolute atomic E-state index is 0.173. The average Bonchev–Trinajstić information content (AvgIpc) is 2.98. The molecule has 2 aliphatic heterocycles. The fourth-order valence-corrected chi connectivity index (χ4v) is 3.13. The molecular formula is C16H23NO3. The number of rotatable bonds is 4. The van der Waals surface area contributed by atoms with Crippen molar-refractivity contribution in [2.24, 2.45) is 0 Å². The van der Waals surface area contributed by atoms with Crippen LogP contribution in [0.3, 0.4) is 0 Å². The molecule has 2 aliphatic rings. The zero-order chi connectivity index (χ0) is 14.2. The number of hydrogen-bond donors (Lipinski definition) is 1. The summed E-state index contributed by atoms with van der Waals surface area (Å²) >= 11 is 0. The maximum absolute atomic E-state index is 6.05. The molecule has 1 aromatic carbocycles. The minimum atomic E-state index is -0.252. The second kappa shape index (κ2) is 5.02. The predicted octanol–water partition coefficient (Wildman–Crippen LogP) is 2.29. The molecule has 110 valence electrons. The van der Waals surface area contributed by atoms with Gasteiger partial charge in [-0.3, -0.25) is 0 Å². The number of hydrogen-bond acceptors (Lipinski definition) is 4. The van der Waals surface area contributed by atoms with E-state index in [1.807, 2.05) is 12.1 Å². The van der Waals surface area contributed by atoms with Crippen molar-refractivity contribution < 1.29 is 14.2 Å². The average molecular weight is 277 g/mol. The van der Waals surface area contributed by atoms with Gasteiger partial charge in [0.15, 0.2) is 0 Å². The van der Waals surface area contributed by atoms with Gasteiger partial charge in [0.1, 0.15) is 17.0 Å². The summed E-state index contributed by atoms with van der Waals surface area (Å²) in [5.74, 6) is 0.976. The molecule has 0 saturated carbocycles. The van der Waals surface area contributed by atoms with Crippen LogP contribution >= 0.6 is 0 Å². The highest BCUT2D eigenvalue weighted by molar-refractivity contribution is 5.42. The van der Waals surface area contributed by atoms with Gasteiger partial charge >= 0.3 is 0 Å². The van der Waals surface area contributed by atoms with Gasteiger partial charge < -0.3 is 19.5 Å². The van der Waals surface area contributed by atoms with Crippen molar-refractivity contribution >= 4 is 0 Å². The van der Waals surface area contributed by atoms with E-state index in [2.05, 4.69) is 31.3 Å². The lowest BCUT2D eigenvalue weighted by Crippen LogP contribution is -2.48. The molecule has 1 fully saturated rings. The highest BCUT2D eigenvalue weighted by Crippen LogP contribution is 2.43. The van der Waals surface area contributed by atoms with Gasteiger partial charge in [-0.2, -0.15) is 0 Å². The molecule has 1 aromatic rings. The van der Waals surface area contributed by atoms with Gasteiger partial charge in [0.25, 0.3) is 0 Å². The van der Waals surface area contributed by atoms with Crippen LogP contribution in [0.15, 0.2) is 24.3 Å². The molecule has 0 radical (unpaired) electrons. The smallest absolute Gasteiger partial charge is 0.125 e. The highest BCUT2D eigenvalue weighted by atomic mass is 16.5. The van der Waals surface area contributed by atoms with Gasteiger partial charge in [0.2, 0.25) is 0 Å². The molecule has 0 aromatic heterocycles. The SMILES string of the molecule is COC1(CNC2c3ccccc3OC2(C)C)CCOC1. The first-order valence-corrected chi connectivity index (χ1v) is 7.21. The second-order valence-electron chi connectivity index (χ2n) is 6.25. The topological polar surface area (TPSA) is 39.7 Å². The quantitative estimate of drug-likeness (QED) is 0.916. The van der Waals surface area contributed by atoms with Crippen molar-refractivity contribution in [1.29, 1.82) is 0 Å². The molecule has 3 rings (SSSR count). The molecular weight excluding hydrogens is 254 g/mol. The molecule has 4 heteroatoms. The maximum atomic E-state index is 6.05. The van der Waals surface area contributed by atoms with E-state index >= 15 is 0 Å². The van der Waals surface area contributed by atoms with Crippen LogP contribution in [0.2, 0.25) is 0 Å². The molecule has 2 heterocycles. The second-order valence-corrected chi connectivity index (χ2v) is 6.25. The van der Waals surface area contributed by atoms with Crippen LogP contribution in [0.5, 0.6) is 5.75 Å². The lowest BCUT2D eigenvalue weighted by Gasteiger charge is -2.32. The summed E-state index contributed by atoms with van der Waals surface area (Å²) in [7, 11) is 1.76. The summed E-state index contributed by atoms with van der Waals surface area (Å²) in [4.78, 5) is 0. The third-order valence-corrected chi connectivity index (χ3v) is 4.43. The Morgan fingerprint density at radius 3 is 2.85 bits per heavy atom. The number of para-hydroxylation sites is 1. The first-order chi connectivity index (χ1) is 9.56. The molecule has 2 atom stereocenters. The monoisotopic (exact) mass is 277 g/mol. The van der Waals surface area contributed by atoms with Gasteiger partial charge in [-0.05, 0) is 19.9 Å². The van der Waals surface area contributed by atoms with Gasteiger partial charge in [-0.1, -0.05) is 18.2 Å². The van der Waals surface area contributed by atoms with Crippen LogP contribution in [0.25, 0.3) is 0 Å². The lowest BCUT2D eigenvalue weighted by atomic mass is 9.93. The van der Waals surface area contributed by atoms with Crippen molar-refractivity contribution in [1.82, 2.24) is 5.32 Å². The van der Waals surface area contributed by atoms with Crippen molar-refractivity contribution in [3.8, 4) is 5.75 Å². The van der Waals surface area contributed by atoms with Crippen LogP contribution in [-0.4, -0.2) is 38.1 Å². The summed E-state index contributed by atoms with van der Waals surface area (Å²) in [6.07, 6.45) is 0.937. The predicted molar refractivity (Wildman–Crippen MR) is 77.1 cm³/mol. The van der Waals surface area contributed by atoms with Gasteiger partial charge in [-0.25, -0.2) is 0 Å². The fourth-order valence-electron chi connectivity index (χ4n) is 3.13. The summed E-state index contributed by atoms with van der Waals surface area (Å²) in [5, 5.41) is 3.63. The van der Waals surface area contributed by atoms with E-state index in [-0.39, 0.29) is 17.2 Å². The van der Waals surface area contributed by atoms with Crippen molar-refractivity contribution in [3.63, 3.8) is 0 Å². The number of benzene rings is 1. The van der Waals surface area contributed by atoms with Gasteiger partial charge in [0.05, 0.1) is 12.6 Å². The minimum Gasteiger partial charge on any atom is -0.486 e. The van der Waals surface area contributed by atoms with Crippen molar-refractivity contribution in [3.05, 3.63) is 29.8 Å². The number of fused-ring (bicyclic) bond motifs is 1. The Morgan fingerprint density at radius 1 is 1.35 bits per heavy atom. The largest absolute Gasteiger partial charge is 0.486 e. The summed E-state index contributed by atoms with van der Waals surface area (Å²) in [6, 6.07) is 8.41. The third kappa shape index (κ3) is 2.32. The van der Waals surface area contributed by atoms with E-state index in [0.29, 0.717) is 6.61 Å². The summed E-state index contributed by atoms with van der Waals surface area (Å²) in [6.45, 7) is 6.45. The Hall–Kier alpha value is -1.10. The Morgan fingerprint density at radius 2 is 2.15 bits per heavy atom. The molecule has 0 bridgehead atoms. The Balaban J connectivity index is 1.76. The molecule has 1 saturated heterocycles. The molecule has 4 nitrogen and oxygen atoms in total. The van der Waals surface area contributed by atoms with Crippen molar-refractivity contribution in [2.45, 2.75) is 37.5 Å². The molecule has 0 spiro atoms. The first-order valence-electron chi connectivity index (χ1n) is 7.21. The van der Waals surface area contributed by atoms with E-state index in [0.717, 1.165) is 25.3 Å². The van der Waals surface area contributed by atoms with Gasteiger partial charge in [-0.15, -0.1) is 0 Å². The third-order valence-electron chi connectivity index (χ3n) is 4.43. The standard InChI is InChI=1S/C16H23NO3/c1-15(2)14(12-6-4-5-7-13(12)20-15)17-10-16(18-3)8-9-19-11-16/h4-7,14,17H,8-11H2,1-3H3. The molecule has 1 N–H and O–H groups in total. The normalized spacial score (nSPS) is 31.1. The fraction of sp³-hybridized carbons (Fsp3) is 0.625. The van der Waals surface area contributed by atoms with E-state index in [9.17, 15) is 0 Å². The van der Waals surface area contributed by atoms with Crippen LogP contribution in [0.1, 0.15) is 31.9 Å². The molecule has 2 unspecified atom stereocenters. The highest BCUT2D eigenvalue weighted by Gasteiger charge is 2.43. The molecule has 0 amide bonds. The number of nitrogens with one attached hydrogen (secondary N) is 1. The maximum Gasteiger partial charge on any atom is 0.125 e. The Bertz CT molecular complexity index is 480. The van der Waals surface area contributed by atoms with Crippen LogP contribution in [0.4, 0.5) is 0 Å². The van der Waals surface area contributed by atoms with E-state index in [1.54, 1.807) is 7.11 Å². The van der Waals surface area contributed by atoms with E-state index < -0.39 is 0 Å². The van der Waals surface area contributed by atoms with Crippen LogP contribution in [0, 0.1) is 0 Å². The number of ether oxygens (including phenoxy) is 3. The number of methoxy groups -OCH3 is 1. The molecule has 20 heavy (non-hydrogen) atoms. The zero-order valence-corrected chi connectivity index (χ0v) is 12.4. The zero-order valence-electron chi connectivity index (χ0n) is 12.4. The summed E-state index contributed by atoms with van der Waals surface area (Å²) in [5.41, 5.74) is 0.772. The molecule has 0 aliphatic carbocycles. The van der Waals surface area contributed by atoms with Crippen molar-refractivity contribution in [2.75, 3.05) is 26.9 Å². The van der Waals surface area contributed by atoms with E-state index in [4.69, 9.17) is 14.2 Å². The Kier molecular flexibility index (Phi) is 3.48. The lowest BCUT2D eigenvalue weighted by molar-refractivity contribution is -0.0223. The first kappa shape index (κ1) is 13.9. The van der Waals surface area contributed by atoms with Gasteiger partial charge in [0, 0.05) is 32.2 Å². The van der Waals surface area contributed by atoms with E-state index in [1.165, 1.54) is 5.56 Å². The van der Waals surface area contributed by atoms with Crippen LogP contribution < -0.4 is 10.1 Å². The Labute approximate surface area is 120 Å².